The van der Waals surface area contributed by atoms with E-state index >= 15 is 0 Å². The Bertz CT molecular complexity index is 2130. The Balaban J connectivity index is 0.00000144. The van der Waals surface area contributed by atoms with Crippen molar-refractivity contribution in [3.05, 3.63) is 108 Å². The van der Waals surface area contributed by atoms with Gasteiger partial charge in [-0.3, -0.25) is 0 Å². The van der Waals surface area contributed by atoms with Crippen LogP contribution in [0.5, 0.6) is 0 Å². The quantitative estimate of drug-likeness (QED) is 0.229. The standard InChI is InChI=1S/C32H21N8.ClH.Cu/c1-2-10-18-17(9-1)25-33-26(18)38-28-21-13-5-6-14-22(21)30(35-28)40-32-24-16-8-7-15-23(24)31(36-32)39-29-20-12-4-3-11-19(20)27(34-29)37-25;;/h1-18,34-35H,(H-,33,36,37,38,39,40);1H;/q-1;;+2/p-1. The van der Waals surface area contributed by atoms with Gasteiger partial charge in [0.05, 0.1) is 11.6 Å². The average Bonchev–Trinajstić information content (AvgIpc) is 3.73. The van der Waals surface area contributed by atoms with Gasteiger partial charge in [0.25, 0.3) is 0 Å². The fourth-order valence-corrected chi connectivity index (χ4v) is 5.99. The van der Waals surface area contributed by atoms with E-state index in [2.05, 4.69) is 63.9 Å². The summed E-state index contributed by atoms with van der Waals surface area (Å²) in [5.41, 5.74) is 1.23. The van der Waals surface area contributed by atoms with Crippen LogP contribution in [0.2, 0.25) is 0 Å². The summed E-state index contributed by atoms with van der Waals surface area (Å²) in [6.45, 7) is 0. The summed E-state index contributed by atoms with van der Waals surface area (Å²) in [6.07, 6.45) is 8.50. The molecule has 5 heterocycles. The third-order valence-corrected chi connectivity index (χ3v) is 7.89. The number of nitrogens with zero attached hydrogens (tertiary/aromatic N) is 5. The smallest absolute Gasteiger partial charge is 1.00 e. The SMILES string of the molecule is C1=CC2C3=Nc4[nH]c(c5ccccc45)N=c4[n-]c(c5ccccc45)=Nc4[nH]c(c5ccccc45)N=C(N3)C2C=C1.[Cl-].[Cu+2]. The van der Waals surface area contributed by atoms with Crippen LogP contribution in [0.1, 0.15) is 0 Å². The molecule has 3 aromatic carbocycles. The zero-order chi connectivity index (χ0) is 26.2. The number of rotatable bonds is 0. The molecule has 1 radical (unpaired) electrons. The number of halogens is 1. The summed E-state index contributed by atoms with van der Waals surface area (Å²) in [7, 11) is 0. The van der Waals surface area contributed by atoms with Gasteiger partial charge in [-0.15, -0.1) is 0 Å². The van der Waals surface area contributed by atoms with Crippen LogP contribution in [0.4, 0.5) is 23.3 Å². The van der Waals surface area contributed by atoms with E-state index in [-0.39, 0.29) is 41.3 Å². The summed E-state index contributed by atoms with van der Waals surface area (Å²) in [4.78, 5) is 32.2. The number of hydrogen-bond acceptors (Lipinski definition) is 5. The summed E-state index contributed by atoms with van der Waals surface area (Å²) < 4.78 is 0. The van der Waals surface area contributed by atoms with Crippen molar-refractivity contribution in [2.45, 2.75) is 0 Å². The van der Waals surface area contributed by atoms with Gasteiger partial charge < -0.3 is 42.7 Å². The summed E-state index contributed by atoms with van der Waals surface area (Å²) in [5, 5.41) is 9.40. The van der Waals surface area contributed by atoms with Crippen molar-refractivity contribution >= 4 is 67.3 Å². The molecule has 8 bridgehead atoms. The molecule has 3 aromatic heterocycles. The van der Waals surface area contributed by atoms with Crippen molar-refractivity contribution in [1.82, 2.24) is 20.3 Å². The zero-order valence-electron chi connectivity index (χ0n) is 21.8. The van der Waals surface area contributed by atoms with Gasteiger partial charge >= 0.3 is 17.1 Å². The Morgan fingerprint density at radius 3 is 1.26 bits per heavy atom. The first-order valence-corrected chi connectivity index (χ1v) is 13.3. The molecule has 3 N–H and O–H groups in total. The Morgan fingerprint density at radius 1 is 0.500 bits per heavy atom. The van der Waals surface area contributed by atoms with Crippen LogP contribution in [-0.2, 0) is 17.1 Å². The van der Waals surface area contributed by atoms with Crippen molar-refractivity contribution in [3.8, 4) is 0 Å². The number of fused-ring (bicyclic) bond motifs is 20. The van der Waals surface area contributed by atoms with Gasteiger partial charge in [-0.05, 0) is 10.8 Å². The number of benzene rings is 3. The number of nitrogens with one attached hydrogen (secondary N) is 3. The van der Waals surface area contributed by atoms with E-state index in [9.17, 15) is 0 Å². The van der Waals surface area contributed by atoms with E-state index in [0.717, 1.165) is 55.6 Å². The van der Waals surface area contributed by atoms with Crippen LogP contribution >= 0.6 is 0 Å². The minimum Gasteiger partial charge on any atom is -1.00 e. The topological polar surface area (TPSA) is 107 Å². The molecule has 0 saturated carbocycles. The van der Waals surface area contributed by atoms with E-state index in [1.807, 2.05) is 48.5 Å². The van der Waals surface area contributed by atoms with Gasteiger partial charge in [-0.25, -0.2) is 9.98 Å². The molecule has 2 unspecified atom stereocenters. The fraction of sp³-hybridized carbons (Fsp3) is 0.0625. The second kappa shape index (κ2) is 9.99. The maximum atomic E-state index is 5.13. The summed E-state index contributed by atoms with van der Waals surface area (Å²) in [5.74, 6) is 4.72. The van der Waals surface area contributed by atoms with Gasteiger partial charge in [0.15, 0.2) is 0 Å². The van der Waals surface area contributed by atoms with Crippen molar-refractivity contribution in [3.63, 3.8) is 0 Å². The third-order valence-electron chi connectivity index (χ3n) is 7.89. The molecule has 6 aromatic rings. The number of hydrogen-bond donors (Lipinski definition) is 3. The second-order valence-corrected chi connectivity index (χ2v) is 10.2. The number of H-pyrrole nitrogens is 2. The molecule has 1 saturated heterocycles. The van der Waals surface area contributed by atoms with Gasteiger partial charge in [-0.1, -0.05) is 97.1 Å². The predicted octanol–water partition coefficient (Wildman–Crippen LogP) is 2.70. The molecule has 3 aliphatic rings. The van der Waals surface area contributed by atoms with Crippen LogP contribution < -0.4 is 33.7 Å². The molecule has 0 amide bonds. The fourth-order valence-electron chi connectivity index (χ4n) is 5.99. The Kier molecular flexibility index (Phi) is 6.24. The summed E-state index contributed by atoms with van der Waals surface area (Å²) in [6, 6.07) is 24.4. The van der Waals surface area contributed by atoms with Crippen molar-refractivity contribution in [2.75, 3.05) is 0 Å². The van der Waals surface area contributed by atoms with E-state index in [0.29, 0.717) is 22.6 Å². The minimum atomic E-state index is 0. The van der Waals surface area contributed by atoms with Gasteiger partial charge in [0.2, 0.25) is 0 Å². The minimum absolute atomic E-state index is 0. The first-order valence-electron chi connectivity index (χ1n) is 13.3. The van der Waals surface area contributed by atoms with Crippen LogP contribution in [0, 0.1) is 11.8 Å². The van der Waals surface area contributed by atoms with Crippen molar-refractivity contribution in [1.29, 1.82) is 0 Å². The van der Waals surface area contributed by atoms with Crippen molar-refractivity contribution < 1.29 is 29.5 Å². The summed E-state index contributed by atoms with van der Waals surface area (Å²) >= 11 is 0. The van der Waals surface area contributed by atoms with Crippen LogP contribution in [0.15, 0.2) is 117 Å². The zero-order valence-corrected chi connectivity index (χ0v) is 23.5. The van der Waals surface area contributed by atoms with Crippen LogP contribution in [0.25, 0.3) is 32.3 Å². The van der Waals surface area contributed by atoms with E-state index in [1.165, 1.54) is 0 Å². The average molecular weight is 617 g/mol. The second-order valence-electron chi connectivity index (χ2n) is 10.2. The molecule has 207 valence electrons. The molecular weight excluding hydrogens is 595 g/mol. The molecule has 10 heteroatoms. The maximum Gasteiger partial charge on any atom is 2.00 e. The molecular formula is C32H21ClCuN8. The molecule has 42 heavy (non-hydrogen) atoms. The van der Waals surface area contributed by atoms with Gasteiger partial charge in [0, 0.05) is 44.4 Å². The number of amidine groups is 2. The number of aliphatic imine (C=N–C) groups is 2. The van der Waals surface area contributed by atoms with Crippen molar-refractivity contribution in [2.24, 2.45) is 31.8 Å². The predicted molar refractivity (Wildman–Crippen MR) is 158 cm³/mol. The molecule has 1 fully saturated rings. The number of aromatic amines is 2. The largest absolute Gasteiger partial charge is 2.00 e. The Hall–Kier alpha value is -4.69. The molecule has 1 aliphatic carbocycles. The first-order chi connectivity index (χ1) is 19.8. The van der Waals surface area contributed by atoms with Gasteiger partial charge in [0.1, 0.15) is 23.3 Å². The van der Waals surface area contributed by atoms with E-state index < -0.39 is 0 Å². The Labute approximate surface area is 256 Å². The van der Waals surface area contributed by atoms with E-state index in [1.54, 1.807) is 0 Å². The van der Waals surface area contributed by atoms with Crippen LogP contribution in [-0.4, -0.2) is 21.6 Å². The Morgan fingerprint density at radius 2 is 0.857 bits per heavy atom. The number of aromatic nitrogens is 3. The van der Waals surface area contributed by atoms with Gasteiger partial charge in [-0.2, -0.15) is 0 Å². The normalized spacial score (nSPS) is 18.3. The first kappa shape index (κ1) is 26.2. The molecule has 2 aliphatic heterocycles. The van der Waals surface area contributed by atoms with E-state index in [4.69, 9.17) is 25.0 Å². The monoisotopic (exact) mass is 615 g/mol. The maximum absolute atomic E-state index is 5.13. The molecule has 8 nitrogen and oxygen atoms in total. The molecule has 2 atom stereocenters. The molecule has 9 rings (SSSR count). The van der Waals surface area contributed by atoms with Crippen LogP contribution in [0.3, 0.4) is 0 Å². The number of allylic oxidation sites excluding steroid dienone is 2. The molecule has 0 spiro atoms. The third kappa shape index (κ3) is 3.89.